The highest BCUT2D eigenvalue weighted by atomic mass is 16.6. The number of aliphatic hydroxyl groups is 2. The van der Waals surface area contributed by atoms with Gasteiger partial charge in [-0.1, -0.05) is 126 Å². The summed E-state index contributed by atoms with van der Waals surface area (Å²) in [7, 11) is 0. The molecule has 6 nitrogen and oxygen atoms in total. The van der Waals surface area contributed by atoms with Gasteiger partial charge >= 0.3 is 11.9 Å². The zero-order chi connectivity index (χ0) is 31.1. The number of hydrogen-bond donors (Lipinski definition) is 2. The van der Waals surface area contributed by atoms with Crippen LogP contribution in [0.3, 0.4) is 0 Å². The Morgan fingerprint density at radius 3 is 1.95 bits per heavy atom. The van der Waals surface area contributed by atoms with E-state index in [1.165, 1.54) is 32.1 Å². The number of allylic oxidation sites excluding steroid dienone is 9. The number of ether oxygens (including phenoxy) is 2. The maximum atomic E-state index is 12.1. The standard InChI is InChI=1S/C36H60O6/c1-4-6-7-8-9-10-11-12-13-14-15-19-22-26-33(38)27-24-29-36(40)42-34(30-37)31-41-35(39)28-23-20-17-16-18-21-25-32(3)5-2/h6-7,9-10,12-13,15,19,22,26,32-34,37-38H,4-5,8,11,14,16-18,20-21,23-25,27-31H2,1-3H3/b7-6-,10-9-,13-12-,19-15-,26-22+/t32?,33?,34-/m0/s1. The van der Waals surface area contributed by atoms with Crippen LogP contribution in [0.25, 0.3) is 0 Å². The highest BCUT2D eigenvalue weighted by molar-refractivity contribution is 5.70. The fraction of sp³-hybridized carbons (Fsp3) is 0.667. The summed E-state index contributed by atoms with van der Waals surface area (Å²) < 4.78 is 10.4. The molecule has 0 rings (SSSR count). The molecule has 0 fully saturated rings. The van der Waals surface area contributed by atoms with E-state index >= 15 is 0 Å². The number of unbranched alkanes of at least 4 members (excludes halogenated alkanes) is 5. The van der Waals surface area contributed by atoms with Crippen LogP contribution in [0.15, 0.2) is 60.8 Å². The molecule has 0 radical (unpaired) electrons. The van der Waals surface area contributed by atoms with Gasteiger partial charge < -0.3 is 19.7 Å². The van der Waals surface area contributed by atoms with Crippen LogP contribution in [0.5, 0.6) is 0 Å². The molecule has 0 aliphatic heterocycles. The Morgan fingerprint density at radius 2 is 1.31 bits per heavy atom. The van der Waals surface area contributed by atoms with Crippen molar-refractivity contribution in [2.45, 2.75) is 136 Å². The van der Waals surface area contributed by atoms with Gasteiger partial charge in [0.05, 0.1) is 12.7 Å². The largest absolute Gasteiger partial charge is 0.462 e. The third-order valence-electron chi connectivity index (χ3n) is 6.97. The van der Waals surface area contributed by atoms with Gasteiger partial charge in [0.1, 0.15) is 6.61 Å². The first-order valence-corrected chi connectivity index (χ1v) is 16.3. The van der Waals surface area contributed by atoms with E-state index in [1.807, 2.05) is 18.2 Å². The maximum Gasteiger partial charge on any atom is 0.306 e. The van der Waals surface area contributed by atoms with Gasteiger partial charge in [-0.25, -0.2) is 0 Å². The van der Waals surface area contributed by atoms with E-state index in [0.29, 0.717) is 19.3 Å². The Morgan fingerprint density at radius 1 is 0.714 bits per heavy atom. The van der Waals surface area contributed by atoms with Gasteiger partial charge in [0, 0.05) is 12.8 Å². The summed E-state index contributed by atoms with van der Waals surface area (Å²) in [6.45, 7) is 6.11. The summed E-state index contributed by atoms with van der Waals surface area (Å²) in [5.74, 6) is 0.00236. The molecule has 0 saturated heterocycles. The minimum Gasteiger partial charge on any atom is -0.462 e. The van der Waals surface area contributed by atoms with Crippen LogP contribution in [-0.4, -0.2) is 47.6 Å². The first kappa shape index (κ1) is 39.6. The van der Waals surface area contributed by atoms with Crippen LogP contribution >= 0.6 is 0 Å². The first-order valence-electron chi connectivity index (χ1n) is 16.3. The number of carbonyl (C=O) groups excluding carboxylic acids is 2. The molecule has 0 amide bonds. The smallest absolute Gasteiger partial charge is 0.306 e. The topological polar surface area (TPSA) is 93.1 Å². The molecule has 0 aromatic carbocycles. The van der Waals surface area contributed by atoms with Crippen LogP contribution < -0.4 is 0 Å². The number of hydrogen-bond acceptors (Lipinski definition) is 6. The SMILES string of the molecule is CC/C=C\C/C=C\C/C=C\C/C=C\C=C\C(O)CCCC(=O)O[C@@H](CO)COC(=O)CCCCCCCCC(C)CC. The van der Waals surface area contributed by atoms with Crippen molar-refractivity contribution in [2.75, 3.05) is 13.2 Å². The van der Waals surface area contributed by atoms with Gasteiger partial charge in [-0.05, 0) is 50.9 Å². The second-order valence-corrected chi connectivity index (χ2v) is 11.0. The molecular weight excluding hydrogens is 528 g/mol. The quantitative estimate of drug-likeness (QED) is 0.0433. The second-order valence-electron chi connectivity index (χ2n) is 11.0. The Hall–Kier alpha value is -2.44. The molecule has 0 spiro atoms. The fourth-order valence-electron chi connectivity index (χ4n) is 4.09. The number of aliphatic hydroxyl groups excluding tert-OH is 2. The van der Waals surface area contributed by atoms with Gasteiger partial charge in [-0.3, -0.25) is 9.59 Å². The zero-order valence-corrected chi connectivity index (χ0v) is 26.8. The fourth-order valence-corrected chi connectivity index (χ4v) is 4.09. The Balaban J connectivity index is 3.89. The third kappa shape index (κ3) is 27.7. The van der Waals surface area contributed by atoms with E-state index in [4.69, 9.17) is 9.47 Å². The predicted molar refractivity (Wildman–Crippen MR) is 174 cm³/mol. The first-order chi connectivity index (χ1) is 20.4. The predicted octanol–water partition coefficient (Wildman–Crippen LogP) is 8.49. The van der Waals surface area contributed by atoms with Gasteiger partial charge in [0.2, 0.25) is 0 Å². The summed E-state index contributed by atoms with van der Waals surface area (Å²) in [6.07, 6.45) is 33.1. The molecule has 0 bridgehead atoms. The Labute approximate surface area is 256 Å². The molecule has 2 unspecified atom stereocenters. The van der Waals surface area contributed by atoms with E-state index in [1.54, 1.807) is 6.08 Å². The normalized spacial score (nSPS) is 14.5. The van der Waals surface area contributed by atoms with E-state index < -0.39 is 24.8 Å². The Kier molecular flexibility index (Phi) is 28.3. The average Bonchev–Trinajstić information content (AvgIpc) is 2.98. The molecule has 6 heteroatoms. The highest BCUT2D eigenvalue weighted by Gasteiger charge is 2.16. The van der Waals surface area contributed by atoms with Crippen LogP contribution in [0, 0.1) is 5.92 Å². The molecule has 2 N–H and O–H groups in total. The monoisotopic (exact) mass is 588 g/mol. The molecule has 0 aliphatic rings. The average molecular weight is 589 g/mol. The van der Waals surface area contributed by atoms with Crippen molar-refractivity contribution in [3.8, 4) is 0 Å². The number of carbonyl (C=O) groups is 2. The van der Waals surface area contributed by atoms with Crippen LogP contribution in [0.2, 0.25) is 0 Å². The molecule has 0 aromatic heterocycles. The summed E-state index contributed by atoms with van der Waals surface area (Å²) in [4.78, 5) is 24.1. The van der Waals surface area contributed by atoms with Crippen molar-refractivity contribution < 1.29 is 29.3 Å². The molecule has 0 aromatic rings. The van der Waals surface area contributed by atoms with E-state index in [2.05, 4.69) is 57.2 Å². The minimum atomic E-state index is -0.866. The number of rotatable bonds is 27. The lowest BCUT2D eigenvalue weighted by atomic mass is 10.00. The van der Waals surface area contributed by atoms with Gasteiger partial charge in [-0.2, -0.15) is 0 Å². The van der Waals surface area contributed by atoms with E-state index in [0.717, 1.165) is 50.9 Å². The van der Waals surface area contributed by atoms with Crippen molar-refractivity contribution in [3.05, 3.63) is 60.8 Å². The third-order valence-corrected chi connectivity index (χ3v) is 6.97. The Bertz CT molecular complexity index is 795. The van der Waals surface area contributed by atoms with Crippen molar-refractivity contribution in [2.24, 2.45) is 5.92 Å². The van der Waals surface area contributed by atoms with Crippen molar-refractivity contribution >= 4 is 11.9 Å². The van der Waals surface area contributed by atoms with E-state index in [9.17, 15) is 19.8 Å². The molecule has 0 heterocycles. The summed E-state index contributed by atoms with van der Waals surface area (Å²) in [5.41, 5.74) is 0. The van der Waals surface area contributed by atoms with Gasteiger partial charge in [-0.15, -0.1) is 0 Å². The second kappa shape index (κ2) is 30.0. The minimum absolute atomic E-state index is 0.122. The van der Waals surface area contributed by atoms with Crippen LogP contribution in [0.4, 0.5) is 0 Å². The lowest BCUT2D eigenvalue weighted by molar-refractivity contribution is -0.161. The van der Waals surface area contributed by atoms with Crippen LogP contribution in [-0.2, 0) is 19.1 Å². The summed E-state index contributed by atoms with van der Waals surface area (Å²) in [5, 5.41) is 19.6. The summed E-state index contributed by atoms with van der Waals surface area (Å²) >= 11 is 0. The molecular formula is C36H60O6. The molecule has 3 atom stereocenters. The lowest BCUT2D eigenvalue weighted by Crippen LogP contribution is -2.28. The van der Waals surface area contributed by atoms with Gasteiger partial charge in [0.15, 0.2) is 6.10 Å². The van der Waals surface area contributed by atoms with E-state index in [-0.39, 0.29) is 19.0 Å². The molecule has 0 saturated carbocycles. The van der Waals surface area contributed by atoms with Crippen LogP contribution in [0.1, 0.15) is 124 Å². The lowest BCUT2D eigenvalue weighted by Gasteiger charge is -2.16. The zero-order valence-electron chi connectivity index (χ0n) is 26.8. The van der Waals surface area contributed by atoms with Crippen molar-refractivity contribution in [3.63, 3.8) is 0 Å². The molecule has 240 valence electrons. The van der Waals surface area contributed by atoms with Gasteiger partial charge in [0.25, 0.3) is 0 Å². The summed E-state index contributed by atoms with van der Waals surface area (Å²) in [6, 6.07) is 0. The number of esters is 2. The van der Waals surface area contributed by atoms with Crippen molar-refractivity contribution in [1.82, 2.24) is 0 Å². The maximum absolute atomic E-state index is 12.1. The van der Waals surface area contributed by atoms with Crippen molar-refractivity contribution in [1.29, 1.82) is 0 Å². The molecule has 0 aliphatic carbocycles. The highest BCUT2D eigenvalue weighted by Crippen LogP contribution is 2.14. The molecule has 42 heavy (non-hydrogen) atoms.